The summed E-state index contributed by atoms with van der Waals surface area (Å²) in [6, 6.07) is 0. The van der Waals surface area contributed by atoms with Crippen LogP contribution in [0.4, 0.5) is 0 Å². The zero-order valence-corrected chi connectivity index (χ0v) is 6.62. The molecule has 0 radical (unpaired) electrons. The van der Waals surface area contributed by atoms with Gasteiger partial charge in [0.25, 0.3) is 0 Å². The molecule has 1 aliphatic carbocycles. The molecule has 0 heterocycles. The third kappa shape index (κ3) is 1.61. The van der Waals surface area contributed by atoms with Crippen molar-refractivity contribution in [3.63, 3.8) is 0 Å². The molecule has 1 rings (SSSR count). The van der Waals surface area contributed by atoms with Crippen molar-refractivity contribution < 1.29 is 4.79 Å². The van der Waals surface area contributed by atoms with E-state index in [-0.39, 0.29) is 18.3 Å². The van der Waals surface area contributed by atoms with Crippen molar-refractivity contribution >= 4 is 18.3 Å². The highest BCUT2D eigenvalue weighted by Crippen LogP contribution is 2.26. The number of rotatable bonds is 1. The SMILES string of the molecule is Cl.NC(=O)C1(N)CCCC1. The molecule has 0 aromatic rings. The second-order valence-electron chi connectivity index (χ2n) is 2.73. The summed E-state index contributed by atoms with van der Waals surface area (Å²) in [6.07, 6.45) is 3.61. The summed E-state index contributed by atoms with van der Waals surface area (Å²) in [5.41, 5.74) is 10.0. The number of halogens is 1. The number of amides is 1. The smallest absolute Gasteiger partial charge is 0.237 e. The van der Waals surface area contributed by atoms with E-state index in [1.807, 2.05) is 0 Å². The molecule has 0 unspecified atom stereocenters. The van der Waals surface area contributed by atoms with Gasteiger partial charge in [-0.15, -0.1) is 12.4 Å². The van der Waals surface area contributed by atoms with Crippen LogP contribution in [0.1, 0.15) is 25.7 Å². The first-order valence-electron chi connectivity index (χ1n) is 3.24. The van der Waals surface area contributed by atoms with E-state index >= 15 is 0 Å². The average Bonchev–Trinajstić information content (AvgIpc) is 2.16. The van der Waals surface area contributed by atoms with Crippen LogP contribution in [0, 0.1) is 0 Å². The van der Waals surface area contributed by atoms with Gasteiger partial charge in [0.05, 0.1) is 5.54 Å². The molecule has 1 aliphatic rings. The maximum absolute atomic E-state index is 10.6. The number of carbonyl (C=O) groups is 1. The molecule has 1 amide bonds. The van der Waals surface area contributed by atoms with Crippen molar-refractivity contribution in [1.82, 2.24) is 0 Å². The Morgan fingerprint density at radius 1 is 1.30 bits per heavy atom. The molecule has 3 nitrogen and oxygen atoms in total. The molecule has 4 N–H and O–H groups in total. The van der Waals surface area contributed by atoms with Gasteiger partial charge in [0.1, 0.15) is 0 Å². The van der Waals surface area contributed by atoms with E-state index in [4.69, 9.17) is 11.5 Å². The Kier molecular flexibility index (Phi) is 3.12. The van der Waals surface area contributed by atoms with Gasteiger partial charge in [-0.05, 0) is 12.8 Å². The van der Waals surface area contributed by atoms with Gasteiger partial charge in [0.15, 0.2) is 0 Å². The molecule has 0 saturated heterocycles. The molecule has 0 atom stereocenters. The summed E-state index contributed by atoms with van der Waals surface area (Å²) >= 11 is 0. The number of hydrogen-bond acceptors (Lipinski definition) is 2. The molecule has 1 saturated carbocycles. The molecule has 10 heavy (non-hydrogen) atoms. The fraction of sp³-hybridized carbons (Fsp3) is 0.833. The van der Waals surface area contributed by atoms with Crippen molar-refractivity contribution in [2.75, 3.05) is 0 Å². The lowest BCUT2D eigenvalue weighted by molar-refractivity contribution is -0.122. The normalized spacial score (nSPS) is 21.7. The van der Waals surface area contributed by atoms with E-state index in [1.54, 1.807) is 0 Å². The Hall–Kier alpha value is -0.280. The highest BCUT2D eigenvalue weighted by atomic mass is 35.5. The summed E-state index contributed by atoms with van der Waals surface area (Å²) < 4.78 is 0. The van der Waals surface area contributed by atoms with Crippen LogP contribution in [0.15, 0.2) is 0 Å². The van der Waals surface area contributed by atoms with Crippen molar-refractivity contribution in [2.45, 2.75) is 31.2 Å². The molecule has 4 heteroatoms. The summed E-state index contributed by atoms with van der Waals surface area (Å²) in [7, 11) is 0. The topological polar surface area (TPSA) is 69.1 Å². The van der Waals surface area contributed by atoms with Crippen LogP contribution in [-0.2, 0) is 4.79 Å². The molecule has 0 aromatic carbocycles. The van der Waals surface area contributed by atoms with Gasteiger partial charge >= 0.3 is 0 Å². The van der Waals surface area contributed by atoms with Crippen LogP contribution in [0.25, 0.3) is 0 Å². The van der Waals surface area contributed by atoms with Crippen molar-refractivity contribution in [1.29, 1.82) is 0 Å². The van der Waals surface area contributed by atoms with Crippen LogP contribution < -0.4 is 11.5 Å². The van der Waals surface area contributed by atoms with Gasteiger partial charge in [-0.25, -0.2) is 0 Å². The van der Waals surface area contributed by atoms with Gasteiger partial charge in [0.2, 0.25) is 5.91 Å². The molecule has 0 bridgehead atoms. The third-order valence-corrected chi connectivity index (χ3v) is 1.99. The second kappa shape index (κ2) is 3.21. The van der Waals surface area contributed by atoms with Gasteiger partial charge in [-0.2, -0.15) is 0 Å². The Balaban J connectivity index is 0.000000810. The number of nitrogens with two attached hydrogens (primary N) is 2. The molecule has 60 valence electrons. The lowest BCUT2D eigenvalue weighted by atomic mass is 9.99. The van der Waals surface area contributed by atoms with Gasteiger partial charge in [-0.3, -0.25) is 4.79 Å². The second-order valence-corrected chi connectivity index (χ2v) is 2.73. The number of primary amides is 1. The highest BCUT2D eigenvalue weighted by molar-refractivity contribution is 5.85. The Labute approximate surface area is 66.6 Å². The number of carbonyl (C=O) groups excluding carboxylic acids is 1. The van der Waals surface area contributed by atoms with E-state index in [9.17, 15) is 4.79 Å². The number of hydrogen-bond donors (Lipinski definition) is 2. The molecule has 1 fully saturated rings. The lowest BCUT2D eigenvalue weighted by Crippen LogP contribution is -2.49. The zero-order chi connectivity index (χ0) is 6.91. The molecular weight excluding hydrogens is 152 g/mol. The quantitative estimate of drug-likeness (QED) is 0.580. The zero-order valence-electron chi connectivity index (χ0n) is 5.80. The first-order valence-corrected chi connectivity index (χ1v) is 3.24. The van der Waals surface area contributed by atoms with Crippen LogP contribution >= 0.6 is 12.4 Å². The van der Waals surface area contributed by atoms with E-state index in [2.05, 4.69) is 0 Å². The molecule has 0 spiro atoms. The maximum Gasteiger partial charge on any atom is 0.237 e. The minimum Gasteiger partial charge on any atom is -0.368 e. The van der Waals surface area contributed by atoms with Crippen LogP contribution in [0.2, 0.25) is 0 Å². The summed E-state index contributed by atoms with van der Waals surface area (Å²) in [4.78, 5) is 10.6. The minimum absolute atomic E-state index is 0. The Morgan fingerprint density at radius 2 is 1.70 bits per heavy atom. The van der Waals surface area contributed by atoms with E-state index in [0.717, 1.165) is 25.7 Å². The monoisotopic (exact) mass is 164 g/mol. The first-order chi connectivity index (χ1) is 4.15. The molecule has 0 aromatic heterocycles. The van der Waals surface area contributed by atoms with Crippen molar-refractivity contribution in [3.05, 3.63) is 0 Å². The Bertz CT molecular complexity index is 132. The van der Waals surface area contributed by atoms with Crippen LogP contribution in [-0.4, -0.2) is 11.4 Å². The fourth-order valence-corrected chi connectivity index (χ4v) is 1.25. The summed E-state index contributed by atoms with van der Waals surface area (Å²) in [5.74, 6) is -0.347. The van der Waals surface area contributed by atoms with Gasteiger partial charge in [0, 0.05) is 0 Å². The standard InChI is InChI=1S/C6H12N2O.ClH/c7-5(9)6(8)3-1-2-4-6;/h1-4,8H2,(H2,7,9);1H. The minimum atomic E-state index is -0.667. The van der Waals surface area contributed by atoms with Crippen molar-refractivity contribution in [3.8, 4) is 0 Å². The largest absolute Gasteiger partial charge is 0.368 e. The van der Waals surface area contributed by atoms with Crippen molar-refractivity contribution in [2.24, 2.45) is 11.5 Å². The third-order valence-electron chi connectivity index (χ3n) is 1.99. The predicted molar refractivity (Wildman–Crippen MR) is 41.8 cm³/mol. The summed E-state index contributed by atoms with van der Waals surface area (Å²) in [6.45, 7) is 0. The predicted octanol–water partition coefficient (Wildman–Crippen LogP) is 0.165. The van der Waals surface area contributed by atoms with E-state index < -0.39 is 5.54 Å². The average molecular weight is 165 g/mol. The molecule has 0 aliphatic heterocycles. The van der Waals surface area contributed by atoms with Gasteiger partial charge < -0.3 is 11.5 Å². The molecular formula is C6H13ClN2O. The lowest BCUT2D eigenvalue weighted by Gasteiger charge is -2.17. The van der Waals surface area contributed by atoms with E-state index in [1.165, 1.54) is 0 Å². The van der Waals surface area contributed by atoms with Gasteiger partial charge in [-0.1, -0.05) is 12.8 Å². The highest BCUT2D eigenvalue weighted by Gasteiger charge is 2.34. The maximum atomic E-state index is 10.6. The summed E-state index contributed by atoms with van der Waals surface area (Å²) in [5, 5.41) is 0. The van der Waals surface area contributed by atoms with E-state index in [0.29, 0.717) is 0 Å². The van der Waals surface area contributed by atoms with Crippen LogP contribution in [0.3, 0.4) is 0 Å². The fourth-order valence-electron chi connectivity index (χ4n) is 1.25. The Morgan fingerprint density at radius 3 is 1.90 bits per heavy atom. The van der Waals surface area contributed by atoms with Crippen LogP contribution in [0.5, 0.6) is 0 Å². The first kappa shape index (κ1) is 9.72.